The molecule has 5 nitrogen and oxygen atoms in total. The quantitative estimate of drug-likeness (QED) is 0.250. The Morgan fingerprint density at radius 2 is 1.76 bits per heavy atom. The standard InChI is InChI=1S/C28H27N3O2S/c1-17(2)21-10-6-20(7-11-21)8-14-26(32)31-28(34)29-23-12-13-25-24(16-23)30-27(33-25)22-9-5-18(3)19(4)15-22/h5-17H,1-4H3,(H2,29,31,32,34)/b14-8+. The minimum atomic E-state index is -0.301. The summed E-state index contributed by atoms with van der Waals surface area (Å²) in [6.07, 6.45) is 3.23. The zero-order chi connectivity index (χ0) is 24.2. The van der Waals surface area contributed by atoms with Gasteiger partial charge in [0, 0.05) is 17.3 Å². The van der Waals surface area contributed by atoms with Crippen LogP contribution in [0.2, 0.25) is 0 Å². The maximum Gasteiger partial charge on any atom is 0.250 e. The topological polar surface area (TPSA) is 67.2 Å². The molecule has 34 heavy (non-hydrogen) atoms. The van der Waals surface area contributed by atoms with Crippen molar-refractivity contribution < 1.29 is 9.21 Å². The van der Waals surface area contributed by atoms with Crippen molar-refractivity contribution in [2.45, 2.75) is 33.6 Å². The molecule has 0 radical (unpaired) electrons. The van der Waals surface area contributed by atoms with Gasteiger partial charge in [-0.3, -0.25) is 10.1 Å². The number of anilines is 1. The number of aryl methyl sites for hydroxylation is 2. The van der Waals surface area contributed by atoms with Gasteiger partial charge in [-0.2, -0.15) is 0 Å². The van der Waals surface area contributed by atoms with Gasteiger partial charge in [0.05, 0.1) is 0 Å². The van der Waals surface area contributed by atoms with Crippen LogP contribution in [0.1, 0.15) is 42.0 Å². The molecule has 6 heteroatoms. The smallest absolute Gasteiger partial charge is 0.250 e. The highest BCUT2D eigenvalue weighted by atomic mass is 32.1. The van der Waals surface area contributed by atoms with Gasteiger partial charge in [-0.1, -0.05) is 44.2 Å². The molecule has 0 aliphatic rings. The fourth-order valence-electron chi connectivity index (χ4n) is 3.48. The Morgan fingerprint density at radius 3 is 2.47 bits per heavy atom. The second-order valence-electron chi connectivity index (χ2n) is 8.60. The molecule has 4 rings (SSSR count). The number of hydrogen-bond donors (Lipinski definition) is 2. The Labute approximate surface area is 204 Å². The third-order valence-corrected chi connectivity index (χ3v) is 5.87. The summed E-state index contributed by atoms with van der Waals surface area (Å²) in [5.74, 6) is 0.738. The zero-order valence-corrected chi connectivity index (χ0v) is 20.5. The largest absolute Gasteiger partial charge is 0.436 e. The highest BCUT2D eigenvalue weighted by Crippen LogP contribution is 2.27. The van der Waals surface area contributed by atoms with E-state index in [2.05, 4.69) is 67.6 Å². The van der Waals surface area contributed by atoms with E-state index in [-0.39, 0.29) is 11.0 Å². The fourth-order valence-corrected chi connectivity index (χ4v) is 3.70. The molecule has 172 valence electrons. The average Bonchev–Trinajstić information content (AvgIpc) is 3.23. The summed E-state index contributed by atoms with van der Waals surface area (Å²) < 4.78 is 5.92. The van der Waals surface area contributed by atoms with Gasteiger partial charge in [0.2, 0.25) is 11.8 Å². The molecule has 0 spiro atoms. The molecule has 0 saturated heterocycles. The summed E-state index contributed by atoms with van der Waals surface area (Å²) in [7, 11) is 0. The summed E-state index contributed by atoms with van der Waals surface area (Å²) >= 11 is 5.30. The summed E-state index contributed by atoms with van der Waals surface area (Å²) in [5, 5.41) is 5.91. The second-order valence-corrected chi connectivity index (χ2v) is 9.01. The van der Waals surface area contributed by atoms with Gasteiger partial charge in [-0.25, -0.2) is 4.98 Å². The first kappa shape index (κ1) is 23.4. The molecule has 1 amide bonds. The summed E-state index contributed by atoms with van der Waals surface area (Å²) in [6, 6.07) is 19.8. The first-order chi connectivity index (χ1) is 16.3. The minimum Gasteiger partial charge on any atom is -0.436 e. The van der Waals surface area contributed by atoms with Crippen LogP contribution in [0.4, 0.5) is 5.69 Å². The molecule has 0 saturated carbocycles. The molecule has 0 unspecified atom stereocenters. The Bertz CT molecular complexity index is 1380. The number of thiocarbonyl (C=S) groups is 1. The highest BCUT2D eigenvalue weighted by Gasteiger charge is 2.10. The van der Waals surface area contributed by atoms with Gasteiger partial charge in [0.1, 0.15) is 5.52 Å². The zero-order valence-electron chi connectivity index (χ0n) is 19.7. The SMILES string of the molecule is Cc1ccc(-c2nc3cc(NC(=S)NC(=O)/C=C/c4ccc(C(C)C)cc4)ccc3o2)cc1C. The van der Waals surface area contributed by atoms with Gasteiger partial charge in [-0.05, 0) is 90.6 Å². The van der Waals surface area contributed by atoms with E-state index in [0.29, 0.717) is 28.6 Å². The molecule has 3 aromatic carbocycles. The lowest BCUT2D eigenvalue weighted by atomic mass is 10.0. The van der Waals surface area contributed by atoms with Gasteiger partial charge in [0.15, 0.2) is 10.7 Å². The second kappa shape index (κ2) is 10.0. The van der Waals surface area contributed by atoms with E-state index in [0.717, 1.165) is 11.1 Å². The Morgan fingerprint density at radius 1 is 1.00 bits per heavy atom. The van der Waals surface area contributed by atoms with Crippen LogP contribution in [0.5, 0.6) is 0 Å². The predicted molar refractivity (Wildman–Crippen MR) is 143 cm³/mol. The fraction of sp³-hybridized carbons (Fsp3) is 0.179. The van der Waals surface area contributed by atoms with Gasteiger partial charge < -0.3 is 9.73 Å². The molecular weight excluding hydrogens is 442 g/mol. The number of hydrogen-bond acceptors (Lipinski definition) is 4. The molecule has 0 aliphatic heterocycles. The van der Waals surface area contributed by atoms with Gasteiger partial charge in [0.25, 0.3) is 0 Å². The van der Waals surface area contributed by atoms with Crippen LogP contribution < -0.4 is 10.6 Å². The van der Waals surface area contributed by atoms with E-state index >= 15 is 0 Å². The first-order valence-corrected chi connectivity index (χ1v) is 11.6. The molecule has 2 N–H and O–H groups in total. The van der Waals surface area contributed by atoms with E-state index in [1.54, 1.807) is 6.08 Å². The molecule has 1 aromatic heterocycles. The number of fused-ring (bicyclic) bond motifs is 1. The van der Waals surface area contributed by atoms with Crippen molar-refractivity contribution in [2.75, 3.05) is 5.32 Å². The molecule has 1 heterocycles. The van der Waals surface area contributed by atoms with Crippen LogP contribution >= 0.6 is 12.2 Å². The maximum atomic E-state index is 12.3. The van der Waals surface area contributed by atoms with Crippen molar-refractivity contribution >= 4 is 46.1 Å². The third-order valence-electron chi connectivity index (χ3n) is 5.67. The lowest BCUT2D eigenvalue weighted by molar-refractivity contribution is -0.115. The number of rotatable bonds is 5. The maximum absolute atomic E-state index is 12.3. The number of carbonyl (C=O) groups is 1. The van der Waals surface area contributed by atoms with Crippen LogP contribution in [0.15, 0.2) is 71.2 Å². The summed E-state index contributed by atoms with van der Waals surface area (Å²) in [4.78, 5) is 16.9. The van der Waals surface area contributed by atoms with E-state index in [1.807, 2.05) is 36.4 Å². The number of nitrogens with zero attached hydrogens (tertiary/aromatic N) is 1. The number of aromatic nitrogens is 1. The van der Waals surface area contributed by atoms with Gasteiger partial charge >= 0.3 is 0 Å². The normalized spacial score (nSPS) is 11.3. The van der Waals surface area contributed by atoms with E-state index in [1.165, 1.54) is 22.8 Å². The van der Waals surface area contributed by atoms with Crippen molar-refractivity contribution in [2.24, 2.45) is 0 Å². The monoisotopic (exact) mass is 469 g/mol. The number of benzene rings is 3. The first-order valence-electron chi connectivity index (χ1n) is 11.2. The molecule has 0 fully saturated rings. The van der Waals surface area contributed by atoms with Crippen molar-refractivity contribution in [3.05, 3.63) is 89.0 Å². The Balaban J connectivity index is 1.39. The Kier molecular flexibility index (Phi) is 6.89. The van der Waals surface area contributed by atoms with Crippen LogP contribution in [0.3, 0.4) is 0 Å². The lowest BCUT2D eigenvalue weighted by Gasteiger charge is -2.08. The van der Waals surface area contributed by atoms with E-state index < -0.39 is 0 Å². The minimum absolute atomic E-state index is 0.210. The van der Waals surface area contributed by atoms with Crippen molar-refractivity contribution in [3.63, 3.8) is 0 Å². The average molecular weight is 470 g/mol. The van der Waals surface area contributed by atoms with Crippen molar-refractivity contribution in [1.82, 2.24) is 10.3 Å². The third kappa shape index (κ3) is 5.58. The van der Waals surface area contributed by atoms with E-state index in [9.17, 15) is 4.79 Å². The van der Waals surface area contributed by atoms with Crippen LogP contribution in [0, 0.1) is 13.8 Å². The number of nitrogens with one attached hydrogen (secondary N) is 2. The molecule has 0 bridgehead atoms. The number of oxazole rings is 1. The van der Waals surface area contributed by atoms with E-state index in [4.69, 9.17) is 16.6 Å². The molecule has 0 atom stereocenters. The summed E-state index contributed by atoms with van der Waals surface area (Å²) in [6.45, 7) is 8.44. The molecule has 4 aromatic rings. The van der Waals surface area contributed by atoms with Crippen LogP contribution in [-0.4, -0.2) is 16.0 Å². The van der Waals surface area contributed by atoms with Gasteiger partial charge in [-0.15, -0.1) is 0 Å². The lowest BCUT2D eigenvalue weighted by Crippen LogP contribution is -2.32. The molecule has 0 aliphatic carbocycles. The number of carbonyl (C=O) groups excluding carboxylic acids is 1. The predicted octanol–water partition coefficient (Wildman–Crippen LogP) is 6.76. The van der Waals surface area contributed by atoms with Crippen molar-refractivity contribution in [3.8, 4) is 11.5 Å². The van der Waals surface area contributed by atoms with Crippen LogP contribution in [0.25, 0.3) is 28.6 Å². The van der Waals surface area contributed by atoms with Crippen molar-refractivity contribution in [1.29, 1.82) is 0 Å². The van der Waals surface area contributed by atoms with Crippen LogP contribution in [-0.2, 0) is 4.79 Å². The Hall–Kier alpha value is -3.77. The molecular formula is C28H27N3O2S. The highest BCUT2D eigenvalue weighted by molar-refractivity contribution is 7.80. The number of amides is 1. The summed E-state index contributed by atoms with van der Waals surface area (Å²) in [5.41, 5.74) is 7.66.